The molecule has 1 atom stereocenters. The molecule has 1 N–H and O–H groups in total. The Balaban J connectivity index is 1.56. The van der Waals surface area contributed by atoms with Crippen molar-refractivity contribution in [2.75, 3.05) is 10.8 Å². The summed E-state index contributed by atoms with van der Waals surface area (Å²) in [6.45, 7) is -0.576. The van der Waals surface area contributed by atoms with Crippen molar-refractivity contribution in [3.8, 4) is 0 Å². The van der Waals surface area contributed by atoms with E-state index in [9.17, 15) is 18.0 Å². The van der Waals surface area contributed by atoms with Gasteiger partial charge < -0.3 is 10.2 Å². The summed E-state index contributed by atoms with van der Waals surface area (Å²) in [5.74, 6) is -0.858. The Labute approximate surface area is 291 Å². The van der Waals surface area contributed by atoms with Crippen molar-refractivity contribution in [2.45, 2.75) is 62.0 Å². The quantitative estimate of drug-likeness (QED) is 0.162. The summed E-state index contributed by atoms with van der Waals surface area (Å²) in [7, 11) is -4.20. The molecule has 0 radical (unpaired) electrons. The third-order valence-electron chi connectivity index (χ3n) is 8.28. The third-order valence-corrected chi connectivity index (χ3v) is 11.1. The van der Waals surface area contributed by atoms with Gasteiger partial charge in [0.2, 0.25) is 11.8 Å². The van der Waals surface area contributed by atoms with Crippen molar-refractivity contribution in [1.29, 1.82) is 0 Å². The van der Waals surface area contributed by atoms with Crippen LogP contribution in [0.3, 0.4) is 0 Å². The van der Waals surface area contributed by atoms with Crippen LogP contribution in [0.25, 0.3) is 0 Å². The number of benzene rings is 4. The molecule has 0 aliphatic heterocycles. The van der Waals surface area contributed by atoms with Gasteiger partial charge in [0.25, 0.3) is 10.0 Å². The van der Waals surface area contributed by atoms with Crippen LogP contribution in [0, 0.1) is 0 Å². The molecule has 246 valence electrons. The van der Waals surface area contributed by atoms with Gasteiger partial charge in [-0.2, -0.15) is 0 Å². The summed E-state index contributed by atoms with van der Waals surface area (Å²) in [6.07, 6.45) is 5.12. The fraction of sp³-hybridized carbons (Fsp3) is 0.278. The number of halogens is 3. The van der Waals surface area contributed by atoms with Crippen molar-refractivity contribution in [2.24, 2.45) is 0 Å². The van der Waals surface area contributed by atoms with Crippen LogP contribution < -0.4 is 9.62 Å². The van der Waals surface area contributed by atoms with E-state index in [1.54, 1.807) is 60.7 Å². The molecule has 4 aromatic rings. The molecule has 11 heteroatoms. The molecule has 7 nitrogen and oxygen atoms in total. The van der Waals surface area contributed by atoms with E-state index in [1.165, 1.54) is 17.0 Å². The second kappa shape index (κ2) is 16.0. The SMILES string of the molecule is O=C(NC1CCCCC1)C(Cc1ccccc1)N(Cc1ccc(Cl)c(Cl)c1)C(=O)CN(c1ccc(Cl)cc1)S(=O)(=O)c1ccccc1. The molecule has 0 spiro atoms. The van der Waals surface area contributed by atoms with Crippen molar-refractivity contribution in [3.05, 3.63) is 129 Å². The van der Waals surface area contributed by atoms with Gasteiger partial charge in [-0.15, -0.1) is 0 Å². The predicted molar refractivity (Wildman–Crippen MR) is 188 cm³/mol. The molecule has 0 heterocycles. The highest BCUT2D eigenvalue weighted by molar-refractivity contribution is 7.92. The average molecular weight is 713 g/mol. The Morgan fingerprint density at radius 1 is 0.766 bits per heavy atom. The molecule has 5 rings (SSSR count). The van der Waals surface area contributed by atoms with Crippen LogP contribution in [0.2, 0.25) is 15.1 Å². The number of amides is 2. The molecule has 1 fully saturated rings. The first-order valence-electron chi connectivity index (χ1n) is 15.5. The van der Waals surface area contributed by atoms with E-state index < -0.39 is 28.5 Å². The van der Waals surface area contributed by atoms with Gasteiger partial charge in [-0.1, -0.05) is 109 Å². The van der Waals surface area contributed by atoms with Gasteiger partial charge in [0.15, 0.2) is 0 Å². The molecule has 1 unspecified atom stereocenters. The Morgan fingerprint density at radius 3 is 2.04 bits per heavy atom. The zero-order valence-corrected chi connectivity index (χ0v) is 28.8. The zero-order chi connectivity index (χ0) is 33.4. The lowest BCUT2D eigenvalue weighted by atomic mass is 9.94. The molecule has 1 aliphatic rings. The summed E-state index contributed by atoms with van der Waals surface area (Å²) in [5, 5.41) is 4.28. The van der Waals surface area contributed by atoms with Gasteiger partial charge in [0.1, 0.15) is 12.6 Å². The molecule has 1 saturated carbocycles. The topological polar surface area (TPSA) is 86.8 Å². The van der Waals surface area contributed by atoms with Crippen LogP contribution in [0.4, 0.5) is 5.69 Å². The molecule has 0 aromatic heterocycles. The Kier molecular flexibility index (Phi) is 11.9. The van der Waals surface area contributed by atoms with Crippen LogP contribution in [0.5, 0.6) is 0 Å². The van der Waals surface area contributed by atoms with Crippen LogP contribution in [-0.4, -0.2) is 43.8 Å². The lowest BCUT2D eigenvalue weighted by Crippen LogP contribution is -2.55. The maximum Gasteiger partial charge on any atom is 0.264 e. The zero-order valence-electron chi connectivity index (χ0n) is 25.7. The maximum atomic E-state index is 14.6. The molecule has 0 bridgehead atoms. The minimum atomic E-state index is -4.20. The summed E-state index contributed by atoms with van der Waals surface area (Å²) >= 11 is 18.7. The lowest BCUT2D eigenvalue weighted by Gasteiger charge is -2.35. The van der Waals surface area contributed by atoms with Crippen LogP contribution in [0.15, 0.2) is 108 Å². The highest BCUT2D eigenvalue weighted by Crippen LogP contribution is 2.28. The van der Waals surface area contributed by atoms with E-state index in [2.05, 4.69) is 5.32 Å². The minimum Gasteiger partial charge on any atom is -0.352 e. The summed E-state index contributed by atoms with van der Waals surface area (Å²) < 4.78 is 29.2. The van der Waals surface area contributed by atoms with E-state index in [4.69, 9.17) is 34.8 Å². The van der Waals surface area contributed by atoms with Gasteiger partial charge in [-0.25, -0.2) is 8.42 Å². The fourth-order valence-electron chi connectivity index (χ4n) is 5.79. The maximum absolute atomic E-state index is 14.6. The van der Waals surface area contributed by atoms with Crippen LogP contribution in [-0.2, 0) is 32.6 Å². The standard InChI is InChI=1S/C36H36Cl3N3O4S/c37-28-17-19-30(20-18-28)42(47(45,46)31-14-8-3-9-15-31)25-35(43)41(24-27-16-21-32(38)33(39)22-27)34(23-26-10-4-1-5-11-26)36(44)40-29-12-6-2-7-13-29/h1,3-5,8-11,14-22,29,34H,2,6-7,12-13,23-25H2,(H,40,44). The average Bonchev–Trinajstić information content (AvgIpc) is 3.08. The molecular weight excluding hydrogens is 677 g/mol. The molecule has 2 amide bonds. The fourth-order valence-corrected chi connectivity index (χ4v) is 7.67. The van der Waals surface area contributed by atoms with Crippen molar-refractivity contribution < 1.29 is 18.0 Å². The van der Waals surface area contributed by atoms with Gasteiger partial charge in [0.05, 0.1) is 20.6 Å². The molecule has 0 saturated heterocycles. The van der Waals surface area contributed by atoms with E-state index in [-0.39, 0.29) is 35.5 Å². The van der Waals surface area contributed by atoms with Crippen LogP contribution in [0.1, 0.15) is 43.2 Å². The van der Waals surface area contributed by atoms with Gasteiger partial charge in [-0.05, 0) is 72.5 Å². The number of sulfonamides is 1. The number of carbonyl (C=O) groups is 2. The van der Waals surface area contributed by atoms with E-state index >= 15 is 0 Å². The highest BCUT2D eigenvalue weighted by atomic mass is 35.5. The number of anilines is 1. The van der Waals surface area contributed by atoms with Crippen molar-refractivity contribution in [1.82, 2.24) is 10.2 Å². The minimum absolute atomic E-state index is 0.000441. The second-order valence-corrected chi connectivity index (χ2v) is 14.7. The van der Waals surface area contributed by atoms with Gasteiger partial charge >= 0.3 is 0 Å². The number of hydrogen-bond acceptors (Lipinski definition) is 4. The molecule has 47 heavy (non-hydrogen) atoms. The van der Waals surface area contributed by atoms with E-state index in [0.29, 0.717) is 20.6 Å². The third kappa shape index (κ3) is 9.08. The lowest BCUT2D eigenvalue weighted by molar-refractivity contribution is -0.140. The number of nitrogens with one attached hydrogen (secondary N) is 1. The Morgan fingerprint density at radius 2 is 1.40 bits per heavy atom. The largest absolute Gasteiger partial charge is 0.352 e. The summed E-state index contributed by atoms with van der Waals surface area (Å²) in [5.41, 5.74) is 1.75. The number of hydrogen-bond donors (Lipinski definition) is 1. The molecule has 4 aromatic carbocycles. The second-order valence-electron chi connectivity index (χ2n) is 11.6. The number of carbonyl (C=O) groups excluding carboxylic acids is 2. The smallest absolute Gasteiger partial charge is 0.264 e. The van der Waals surface area contributed by atoms with Gasteiger partial charge in [0, 0.05) is 24.0 Å². The number of nitrogens with zero attached hydrogens (tertiary/aromatic N) is 2. The molecule has 1 aliphatic carbocycles. The normalized spacial score (nSPS) is 14.3. The van der Waals surface area contributed by atoms with Crippen LogP contribution >= 0.6 is 34.8 Å². The highest BCUT2D eigenvalue weighted by Gasteiger charge is 2.35. The number of rotatable bonds is 12. The first-order chi connectivity index (χ1) is 22.6. The summed E-state index contributed by atoms with van der Waals surface area (Å²) in [6, 6.07) is 27.7. The summed E-state index contributed by atoms with van der Waals surface area (Å²) in [4.78, 5) is 30.3. The Bertz CT molecular complexity index is 1770. The van der Waals surface area contributed by atoms with Crippen molar-refractivity contribution >= 4 is 62.3 Å². The predicted octanol–water partition coefficient (Wildman–Crippen LogP) is 7.93. The van der Waals surface area contributed by atoms with Gasteiger partial charge in [-0.3, -0.25) is 13.9 Å². The van der Waals surface area contributed by atoms with E-state index in [0.717, 1.165) is 42.0 Å². The first kappa shape index (κ1) is 34.8. The van der Waals surface area contributed by atoms with Crippen molar-refractivity contribution in [3.63, 3.8) is 0 Å². The first-order valence-corrected chi connectivity index (χ1v) is 18.1. The van der Waals surface area contributed by atoms with E-state index in [1.807, 2.05) is 30.3 Å². The monoisotopic (exact) mass is 711 g/mol. The molecular formula is C36H36Cl3N3O4S. The Hall–Kier alpha value is -3.56.